The Morgan fingerprint density at radius 2 is 2.33 bits per heavy atom. The number of phenols is 1. The van der Waals surface area contributed by atoms with E-state index in [0.717, 1.165) is 0 Å². The molecule has 3 N–H and O–H groups in total. The molecule has 0 saturated heterocycles. The summed E-state index contributed by atoms with van der Waals surface area (Å²) in [4.78, 5) is 10.4. The molecule has 0 fully saturated rings. The van der Waals surface area contributed by atoms with Crippen LogP contribution in [0.15, 0.2) is 18.2 Å². The highest BCUT2D eigenvalue weighted by atomic mass is 16.5. The van der Waals surface area contributed by atoms with Crippen molar-refractivity contribution in [1.29, 1.82) is 0 Å². The summed E-state index contributed by atoms with van der Waals surface area (Å²) in [6.45, 7) is 0. The number of carbonyl (C=O) groups is 1. The van der Waals surface area contributed by atoms with Crippen molar-refractivity contribution in [2.45, 2.75) is 6.42 Å². The predicted octanol–water partition coefficient (Wildman–Crippen LogP) is 0.628. The van der Waals surface area contributed by atoms with Gasteiger partial charge in [0.15, 0.2) is 11.5 Å². The minimum atomic E-state index is -0.495. The SMILES string of the molecule is COc1cccc(C#CCC(N)=O)c1O. The fraction of sp³-hybridized carbons (Fsp3) is 0.182. The molecular formula is C11H11NO3. The number of carbonyl (C=O) groups excluding carboxylic acids is 1. The van der Waals surface area contributed by atoms with E-state index >= 15 is 0 Å². The fourth-order valence-corrected chi connectivity index (χ4v) is 1.01. The van der Waals surface area contributed by atoms with E-state index in [1.807, 2.05) is 0 Å². The second-order valence-corrected chi connectivity index (χ2v) is 2.80. The van der Waals surface area contributed by atoms with Gasteiger partial charge in [-0.25, -0.2) is 0 Å². The molecule has 0 bridgehead atoms. The van der Waals surface area contributed by atoms with Gasteiger partial charge in [-0.1, -0.05) is 17.9 Å². The van der Waals surface area contributed by atoms with Gasteiger partial charge in [0.1, 0.15) is 0 Å². The van der Waals surface area contributed by atoms with E-state index in [0.29, 0.717) is 11.3 Å². The monoisotopic (exact) mass is 205 g/mol. The molecule has 0 atom stereocenters. The minimum absolute atomic E-state index is 0.0306. The maximum atomic E-state index is 10.4. The first-order valence-corrected chi connectivity index (χ1v) is 4.28. The maximum absolute atomic E-state index is 10.4. The molecule has 1 aromatic carbocycles. The number of phenolic OH excluding ortho intramolecular Hbond substituents is 1. The Bertz CT molecular complexity index is 429. The van der Waals surface area contributed by atoms with Crippen LogP contribution in [0, 0.1) is 11.8 Å². The number of ether oxygens (including phenoxy) is 1. The summed E-state index contributed by atoms with van der Waals surface area (Å²) < 4.78 is 4.90. The Morgan fingerprint density at radius 1 is 1.60 bits per heavy atom. The van der Waals surface area contributed by atoms with E-state index in [1.54, 1.807) is 18.2 Å². The second-order valence-electron chi connectivity index (χ2n) is 2.80. The first kappa shape index (κ1) is 10.9. The van der Waals surface area contributed by atoms with Gasteiger partial charge in [0.25, 0.3) is 0 Å². The Balaban J connectivity index is 2.93. The van der Waals surface area contributed by atoms with Crippen molar-refractivity contribution < 1.29 is 14.6 Å². The molecule has 78 valence electrons. The smallest absolute Gasteiger partial charge is 0.229 e. The van der Waals surface area contributed by atoms with Crippen LogP contribution in [0.5, 0.6) is 11.5 Å². The average molecular weight is 205 g/mol. The lowest BCUT2D eigenvalue weighted by Crippen LogP contribution is -2.08. The van der Waals surface area contributed by atoms with Crippen molar-refractivity contribution >= 4 is 5.91 Å². The molecule has 1 rings (SSSR count). The highest BCUT2D eigenvalue weighted by Crippen LogP contribution is 2.28. The number of primary amides is 1. The molecule has 0 unspecified atom stereocenters. The van der Waals surface area contributed by atoms with E-state index in [9.17, 15) is 9.90 Å². The zero-order chi connectivity index (χ0) is 11.3. The third-order valence-electron chi connectivity index (χ3n) is 1.70. The molecule has 0 spiro atoms. The summed E-state index contributed by atoms with van der Waals surface area (Å²) in [5.41, 5.74) is 5.33. The number of hydrogen-bond donors (Lipinski definition) is 2. The molecule has 0 aliphatic heterocycles. The number of hydrogen-bond acceptors (Lipinski definition) is 3. The largest absolute Gasteiger partial charge is 0.503 e. The maximum Gasteiger partial charge on any atom is 0.229 e. The number of para-hydroxylation sites is 1. The van der Waals surface area contributed by atoms with Crippen LogP contribution in [-0.2, 0) is 4.79 Å². The quantitative estimate of drug-likeness (QED) is 0.695. The van der Waals surface area contributed by atoms with Gasteiger partial charge in [-0.2, -0.15) is 0 Å². The summed E-state index contributed by atoms with van der Waals surface area (Å²) >= 11 is 0. The van der Waals surface area contributed by atoms with Gasteiger partial charge in [-0.05, 0) is 12.1 Å². The lowest BCUT2D eigenvalue weighted by Gasteiger charge is -2.03. The zero-order valence-corrected chi connectivity index (χ0v) is 8.28. The van der Waals surface area contributed by atoms with Crippen molar-refractivity contribution in [3.63, 3.8) is 0 Å². The van der Waals surface area contributed by atoms with E-state index in [4.69, 9.17) is 10.5 Å². The van der Waals surface area contributed by atoms with Crippen molar-refractivity contribution in [3.05, 3.63) is 23.8 Å². The number of aromatic hydroxyl groups is 1. The average Bonchev–Trinajstić information content (AvgIpc) is 2.20. The molecule has 1 aromatic rings. The molecular weight excluding hydrogens is 194 g/mol. The third-order valence-corrected chi connectivity index (χ3v) is 1.70. The lowest BCUT2D eigenvalue weighted by molar-refractivity contribution is -0.117. The molecule has 0 radical (unpaired) electrons. The van der Waals surface area contributed by atoms with Gasteiger partial charge in [-0.3, -0.25) is 4.79 Å². The van der Waals surface area contributed by atoms with Crippen molar-refractivity contribution in [1.82, 2.24) is 0 Å². The summed E-state index contributed by atoms with van der Waals surface area (Å²) in [5.74, 6) is 5.01. The number of nitrogens with two attached hydrogens (primary N) is 1. The molecule has 0 heterocycles. The molecule has 1 amide bonds. The predicted molar refractivity (Wildman–Crippen MR) is 55.3 cm³/mol. The van der Waals surface area contributed by atoms with Crippen LogP contribution in [-0.4, -0.2) is 18.1 Å². The number of amides is 1. The van der Waals surface area contributed by atoms with Crippen LogP contribution in [0.3, 0.4) is 0 Å². The normalized spacial score (nSPS) is 8.87. The third kappa shape index (κ3) is 2.92. The van der Waals surface area contributed by atoms with E-state index in [2.05, 4.69) is 11.8 Å². The first-order valence-electron chi connectivity index (χ1n) is 4.28. The standard InChI is InChI=1S/C11H11NO3/c1-15-9-6-2-4-8(11(9)14)5-3-7-10(12)13/h2,4,6,14H,7H2,1H3,(H2,12,13). The second kappa shape index (κ2) is 4.91. The molecule has 4 heteroatoms. The summed E-state index contributed by atoms with van der Waals surface area (Å²) in [5, 5.41) is 9.61. The summed E-state index contributed by atoms with van der Waals surface area (Å²) in [7, 11) is 1.45. The topological polar surface area (TPSA) is 72.5 Å². The van der Waals surface area contributed by atoms with Gasteiger partial charge in [0.05, 0.1) is 19.1 Å². The van der Waals surface area contributed by atoms with Gasteiger partial charge >= 0.3 is 0 Å². The van der Waals surface area contributed by atoms with Gasteiger partial charge < -0.3 is 15.6 Å². The molecule has 0 aromatic heterocycles. The number of rotatable bonds is 2. The number of benzene rings is 1. The highest BCUT2D eigenvalue weighted by molar-refractivity contribution is 5.76. The summed E-state index contributed by atoms with van der Waals surface area (Å²) in [6.07, 6.45) is -0.0311. The van der Waals surface area contributed by atoms with Crippen LogP contribution < -0.4 is 10.5 Å². The van der Waals surface area contributed by atoms with Crippen LogP contribution in [0.2, 0.25) is 0 Å². The number of methoxy groups -OCH3 is 1. The molecule has 0 aliphatic carbocycles. The highest BCUT2D eigenvalue weighted by Gasteiger charge is 2.03. The Hall–Kier alpha value is -2.15. The summed E-state index contributed by atoms with van der Waals surface area (Å²) in [6, 6.07) is 4.95. The molecule has 0 saturated carbocycles. The van der Waals surface area contributed by atoms with Crippen LogP contribution in [0.25, 0.3) is 0 Å². The van der Waals surface area contributed by atoms with Crippen LogP contribution >= 0.6 is 0 Å². The van der Waals surface area contributed by atoms with Crippen molar-refractivity contribution in [3.8, 4) is 23.3 Å². The van der Waals surface area contributed by atoms with Crippen molar-refractivity contribution in [2.24, 2.45) is 5.73 Å². The van der Waals surface area contributed by atoms with Gasteiger partial charge in [0.2, 0.25) is 5.91 Å². The fourth-order valence-electron chi connectivity index (χ4n) is 1.01. The Kier molecular flexibility index (Phi) is 3.58. The van der Waals surface area contributed by atoms with E-state index in [1.165, 1.54) is 7.11 Å². The lowest BCUT2D eigenvalue weighted by atomic mass is 10.2. The zero-order valence-electron chi connectivity index (χ0n) is 8.28. The molecule has 4 nitrogen and oxygen atoms in total. The first-order chi connectivity index (χ1) is 7.15. The van der Waals surface area contributed by atoms with E-state index < -0.39 is 5.91 Å². The molecule has 15 heavy (non-hydrogen) atoms. The van der Waals surface area contributed by atoms with Crippen LogP contribution in [0.4, 0.5) is 0 Å². The van der Waals surface area contributed by atoms with Gasteiger partial charge in [-0.15, -0.1) is 0 Å². The molecule has 0 aliphatic rings. The minimum Gasteiger partial charge on any atom is -0.503 e. The Morgan fingerprint density at radius 3 is 2.93 bits per heavy atom. The van der Waals surface area contributed by atoms with Crippen LogP contribution in [0.1, 0.15) is 12.0 Å². The van der Waals surface area contributed by atoms with Crippen molar-refractivity contribution in [2.75, 3.05) is 7.11 Å². The Labute approximate surface area is 87.7 Å². The van der Waals surface area contributed by atoms with Gasteiger partial charge in [0, 0.05) is 0 Å². The van der Waals surface area contributed by atoms with E-state index in [-0.39, 0.29) is 12.2 Å².